The van der Waals surface area contributed by atoms with Crippen LogP contribution in [0.3, 0.4) is 0 Å². The summed E-state index contributed by atoms with van der Waals surface area (Å²) in [5.74, 6) is 1.03. The monoisotopic (exact) mass is 235 g/mol. The molecular weight excluding hydrogens is 214 g/mol. The summed E-state index contributed by atoms with van der Waals surface area (Å²) in [6.45, 7) is 8.16. The van der Waals surface area contributed by atoms with E-state index in [4.69, 9.17) is 4.74 Å². The fraction of sp³-hybridized carbons (Fsp3) is 0.500. The van der Waals surface area contributed by atoms with E-state index in [1.807, 2.05) is 49.9 Å². The van der Waals surface area contributed by atoms with Crippen molar-refractivity contribution in [1.29, 1.82) is 0 Å². The van der Waals surface area contributed by atoms with Crippen LogP contribution in [-0.2, 0) is 11.2 Å². The molecule has 0 bridgehead atoms. The fourth-order valence-electron chi connectivity index (χ4n) is 1.73. The summed E-state index contributed by atoms with van der Waals surface area (Å²) in [5.41, 5.74) is 1.03. The first-order valence-electron chi connectivity index (χ1n) is 6.20. The molecule has 0 saturated heterocycles. The van der Waals surface area contributed by atoms with Gasteiger partial charge in [0.05, 0.1) is 13.0 Å². The molecule has 0 radical (unpaired) electrons. The average Bonchev–Trinajstić information content (AvgIpc) is 2.33. The molecule has 0 unspecified atom stereocenters. The van der Waals surface area contributed by atoms with Gasteiger partial charge in [-0.15, -0.1) is 0 Å². The third kappa shape index (κ3) is 4.10. The highest BCUT2D eigenvalue weighted by molar-refractivity contribution is 5.78. The first-order valence-corrected chi connectivity index (χ1v) is 6.20. The number of carbonyl (C=O) groups excluding carboxylic acids is 1. The molecule has 0 N–H and O–H groups in total. The summed E-state index contributed by atoms with van der Waals surface area (Å²) in [5, 5.41) is 0. The topological polar surface area (TPSA) is 29.5 Å². The van der Waals surface area contributed by atoms with Gasteiger partial charge in [0.15, 0.2) is 0 Å². The van der Waals surface area contributed by atoms with Crippen molar-refractivity contribution in [3.63, 3.8) is 0 Å². The van der Waals surface area contributed by atoms with Crippen LogP contribution in [-0.4, -0.2) is 30.5 Å². The third-order valence-corrected chi connectivity index (χ3v) is 2.71. The van der Waals surface area contributed by atoms with E-state index in [2.05, 4.69) is 0 Å². The van der Waals surface area contributed by atoms with Crippen LogP contribution in [0.4, 0.5) is 0 Å². The Morgan fingerprint density at radius 3 is 2.18 bits per heavy atom. The number of amides is 1. The molecule has 1 aromatic carbocycles. The van der Waals surface area contributed by atoms with Gasteiger partial charge in [0, 0.05) is 13.1 Å². The molecule has 3 nitrogen and oxygen atoms in total. The number of likely N-dealkylation sites (N-methyl/N-ethyl adjacent to an activating group) is 1. The molecule has 0 spiro atoms. The number of carbonyl (C=O) groups is 1. The lowest BCUT2D eigenvalue weighted by atomic mass is 10.1. The molecule has 1 amide bonds. The van der Waals surface area contributed by atoms with Crippen LogP contribution >= 0.6 is 0 Å². The van der Waals surface area contributed by atoms with Gasteiger partial charge in [-0.05, 0) is 38.5 Å². The van der Waals surface area contributed by atoms with E-state index in [0.29, 0.717) is 13.0 Å². The van der Waals surface area contributed by atoms with Crippen molar-refractivity contribution in [2.45, 2.75) is 27.2 Å². The van der Waals surface area contributed by atoms with Crippen molar-refractivity contribution in [2.75, 3.05) is 19.7 Å². The first-order chi connectivity index (χ1) is 8.21. The van der Waals surface area contributed by atoms with Crippen molar-refractivity contribution in [3.05, 3.63) is 29.8 Å². The van der Waals surface area contributed by atoms with E-state index in [-0.39, 0.29) is 5.91 Å². The second-order valence-corrected chi connectivity index (χ2v) is 3.82. The van der Waals surface area contributed by atoms with Gasteiger partial charge in [0.1, 0.15) is 5.75 Å². The molecule has 0 atom stereocenters. The lowest BCUT2D eigenvalue weighted by Gasteiger charge is -2.18. The lowest BCUT2D eigenvalue weighted by Crippen LogP contribution is -2.31. The minimum Gasteiger partial charge on any atom is -0.494 e. The molecule has 3 heteroatoms. The van der Waals surface area contributed by atoms with E-state index in [0.717, 1.165) is 24.4 Å². The minimum absolute atomic E-state index is 0.180. The van der Waals surface area contributed by atoms with E-state index < -0.39 is 0 Å². The van der Waals surface area contributed by atoms with Crippen LogP contribution in [0.1, 0.15) is 26.3 Å². The van der Waals surface area contributed by atoms with Crippen molar-refractivity contribution in [3.8, 4) is 5.75 Å². The van der Waals surface area contributed by atoms with Crippen LogP contribution in [0.25, 0.3) is 0 Å². The molecule has 0 saturated carbocycles. The smallest absolute Gasteiger partial charge is 0.226 e. The van der Waals surface area contributed by atoms with Gasteiger partial charge in [-0.1, -0.05) is 12.1 Å². The molecule has 1 aromatic rings. The number of hydrogen-bond donors (Lipinski definition) is 0. The van der Waals surface area contributed by atoms with Crippen molar-refractivity contribution >= 4 is 5.91 Å². The van der Waals surface area contributed by atoms with E-state index in [9.17, 15) is 4.79 Å². The zero-order valence-electron chi connectivity index (χ0n) is 10.9. The highest BCUT2D eigenvalue weighted by atomic mass is 16.5. The maximum atomic E-state index is 11.9. The Balaban J connectivity index is 2.59. The Morgan fingerprint density at radius 1 is 1.12 bits per heavy atom. The van der Waals surface area contributed by atoms with Gasteiger partial charge in [-0.2, -0.15) is 0 Å². The van der Waals surface area contributed by atoms with Gasteiger partial charge in [0.25, 0.3) is 0 Å². The zero-order valence-corrected chi connectivity index (χ0v) is 10.9. The Kier molecular flexibility index (Phi) is 5.53. The predicted molar refractivity (Wildman–Crippen MR) is 69.2 cm³/mol. The summed E-state index contributed by atoms with van der Waals surface area (Å²) in [6.07, 6.45) is 0.466. The molecule has 0 heterocycles. The molecule has 0 aromatic heterocycles. The maximum Gasteiger partial charge on any atom is 0.226 e. The minimum atomic E-state index is 0.180. The Hall–Kier alpha value is -1.51. The number of ether oxygens (including phenoxy) is 1. The van der Waals surface area contributed by atoms with Crippen LogP contribution in [0.5, 0.6) is 5.75 Å². The SMILES string of the molecule is CCOc1ccc(CC(=O)N(CC)CC)cc1. The number of hydrogen-bond acceptors (Lipinski definition) is 2. The molecule has 94 valence electrons. The van der Waals surface area contributed by atoms with Crippen LogP contribution in [0.15, 0.2) is 24.3 Å². The van der Waals surface area contributed by atoms with E-state index in [1.165, 1.54) is 0 Å². The third-order valence-electron chi connectivity index (χ3n) is 2.71. The maximum absolute atomic E-state index is 11.9. The van der Waals surface area contributed by atoms with Crippen LogP contribution in [0, 0.1) is 0 Å². The second-order valence-electron chi connectivity index (χ2n) is 3.82. The van der Waals surface area contributed by atoms with Gasteiger partial charge >= 0.3 is 0 Å². The van der Waals surface area contributed by atoms with Crippen LogP contribution < -0.4 is 4.74 Å². The number of nitrogens with zero attached hydrogens (tertiary/aromatic N) is 1. The largest absolute Gasteiger partial charge is 0.494 e. The van der Waals surface area contributed by atoms with Crippen molar-refractivity contribution in [2.24, 2.45) is 0 Å². The molecule has 17 heavy (non-hydrogen) atoms. The average molecular weight is 235 g/mol. The highest BCUT2D eigenvalue weighted by Crippen LogP contribution is 2.13. The van der Waals surface area contributed by atoms with E-state index >= 15 is 0 Å². The molecule has 0 fully saturated rings. The molecule has 0 aliphatic rings. The standard InChI is InChI=1S/C14H21NO2/c1-4-15(5-2)14(16)11-12-7-9-13(10-8-12)17-6-3/h7-10H,4-6,11H2,1-3H3. The van der Waals surface area contributed by atoms with Gasteiger partial charge in [0.2, 0.25) is 5.91 Å². The number of rotatable bonds is 6. The van der Waals surface area contributed by atoms with E-state index in [1.54, 1.807) is 0 Å². The molecule has 1 rings (SSSR count). The first kappa shape index (κ1) is 13.6. The summed E-state index contributed by atoms with van der Waals surface area (Å²) in [6, 6.07) is 7.72. The highest BCUT2D eigenvalue weighted by Gasteiger charge is 2.09. The Labute approximate surface area is 103 Å². The summed E-state index contributed by atoms with van der Waals surface area (Å²) in [4.78, 5) is 13.7. The summed E-state index contributed by atoms with van der Waals surface area (Å²) in [7, 11) is 0. The molecule has 0 aliphatic heterocycles. The van der Waals surface area contributed by atoms with Gasteiger partial charge in [-0.3, -0.25) is 4.79 Å². The lowest BCUT2D eigenvalue weighted by molar-refractivity contribution is -0.130. The van der Waals surface area contributed by atoms with Crippen LogP contribution in [0.2, 0.25) is 0 Å². The fourth-order valence-corrected chi connectivity index (χ4v) is 1.73. The summed E-state index contributed by atoms with van der Waals surface area (Å²) >= 11 is 0. The normalized spacial score (nSPS) is 10.1. The Bertz CT molecular complexity index is 342. The zero-order chi connectivity index (χ0) is 12.7. The van der Waals surface area contributed by atoms with Gasteiger partial charge < -0.3 is 9.64 Å². The molecular formula is C14H21NO2. The predicted octanol–water partition coefficient (Wildman–Crippen LogP) is 2.50. The molecule has 0 aliphatic carbocycles. The van der Waals surface area contributed by atoms with Crippen molar-refractivity contribution in [1.82, 2.24) is 4.90 Å². The second kappa shape index (κ2) is 6.94. The van der Waals surface area contributed by atoms with Gasteiger partial charge in [-0.25, -0.2) is 0 Å². The Morgan fingerprint density at radius 2 is 1.71 bits per heavy atom. The van der Waals surface area contributed by atoms with Crippen molar-refractivity contribution < 1.29 is 9.53 Å². The summed E-state index contributed by atoms with van der Waals surface area (Å²) < 4.78 is 5.36. The number of benzene rings is 1. The quantitative estimate of drug-likeness (QED) is 0.758.